The van der Waals surface area contributed by atoms with E-state index in [0.717, 1.165) is 19.3 Å². The molecule has 0 amide bonds. The zero-order valence-electron chi connectivity index (χ0n) is 10.4. The molecule has 0 radical (unpaired) electrons. The highest BCUT2D eigenvalue weighted by Crippen LogP contribution is 2.34. The van der Waals surface area contributed by atoms with Crippen LogP contribution in [0.2, 0.25) is 0 Å². The summed E-state index contributed by atoms with van der Waals surface area (Å²) in [4.78, 5) is 23.1. The van der Waals surface area contributed by atoms with Crippen LogP contribution in [0.1, 0.15) is 52.4 Å². The molecule has 1 aliphatic carbocycles. The van der Waals surface area contributed by atoms with Crippen LogP contribution in [0.3, 0.4) is 0 Å². The van der Waals surface area contributed by atoms with Gasteiger partial charge in [-0.15, -0.1) is 0 Å². The molecular formula is C14H22O2. The first kappa shape index (κ1) is 13.1. The Morgan fingerprint density at radius 1 is 1.38 bits per heavy atom. The van der Waals surface area contributed by atoms with E-state index in [-0.39, 0.29) is 5.92 Å². The first-order valence-electron chi connectivity index (χ1n) is 6.38. The van der Waals surface area contributed by atoms with Gasteiger partial charge in [-0.1, -0.05) is 26.0 Å². The minimum absolute atomic E-state index is 0.110. The fourth-order valence-electron chi connectivity index (χ4n) is 2.39. The third-order valence-corrected chi connectivity index (χ3v) is 3.42. The molecule has 1 aliphatic rings. The van der Waals surface area contributed by atoms with E-state index in [1.54, 1.807) is 0 Å². The van der Waals surface area contributed by atoms with Crippen molar-refractivity contribution in [2.45, 2.75) is 52.4 Å². The second kappa shape index (κ2) is 6.62. The standard InChI is InChI=1S/C14H22O2/c1-3-5-6-7-13-11(8-9-14(13)16)10-12(15)4-2/h5-6,11,13H,3-4,7-10H2,1-2H3/b6-5-. The summed E-state index contributed by atoms with van der Waals surface area (Å²) in [5.74, 6) is 1.07. The van der Waals surface area contributed by atoms with Gasteiger partial charge in [0, 0.05) is 25.2 Å². The van der Waals surface area contributed by atoms with Gasteiger partial charge in [0.15, 0.2) is 0 Å². The smallest absolute Gasteiger partial charge is 0.136 e. The number of ketones is 2. The predicted octanol–water partition coefficient (Wildman–Crippen LogP) is 3.31. The highest BCUT2D eigenvalue weighted by atomic mass is 16.1. The fraction of sp³-hybridized carbons (Fsp3) is 0.714. The highest BCUT2D eigenvalue weighted by molar-refractivity contribution is 5.85. The van der Waals surface area contributed by atoms with E-state index >= 15 is 0 Å². The van der Waals surface area contributed by atoms with Crippen molar-refractivity contribution in [3.63, 3.8) is 0 Å². The SMILES string of the molecule is CC/C=C\CC1C(=O)CCC1CC(=O)CC. The third kappa shape index (κ3) is 3.58. The molecule has 0 saturated heterocycles. The summed E-state index contributed by atoms with van der Waals surface area (Å²) in [5, 5.41) is 0. The lowest BCUT2D eigenvalue weighted by Gasteiger charge is -2.15. The summed E-state index contributed by atoms with van der Waals surface area (Å²) in [6, 6.07) is 0. The lowest BCUT2D eigenvalue weighted by atomic mass is 9.87. The average molecular weight is 222 g/mol. The van der Waals surface area contributed by atoms with Gasteiger partial charge in [0.25, 0.3) is 0 Å². The summed E-state index contributed by atoms with van der Waals surface area (Å²) in [6.45, 7) is 3.98. The van der Waals surface area contributed by atoms with Crippen molar-refractivity contribution in [1.82, 2.24) is 0 Å². The van der Waals surface area contributed by atoms with E-state index in [2.05, 4.69) is 19.1 Å². The molecule has 90 valence electrons. The van der Waals surface area contributed by atoms with Gasteiger partial charge in [-0.25, -0.2) is 0 Å². The number of carbonyl (C=O) groups is 2. The maximum atomic E-state index is 11.7. The van der Waals surface area contributed by atoms with Gasteiger partial charge in [-0.05, 0) is 25.2 Å². The molecule has 0 heterocycles. The van der Waals surface area contributed by atoms with Gasteiger partial charge < -0.3 is 0 Å². The van der Waals surface area contributed by atoms with E-state index in [4.69, 9.17) is 0 Å². The quantitative estimate of drug-likeness (QED) is 0.646. The van der Waals surface area contributed by atoms with Crippen LogP contribution in [-0.4, -0.2) is 11.6 Å². The number of carbonyl (C=O) groups excluding carboxylic acids is 2. The van der Waals surface area contributed by atoms with Crippen molar-refractivity contribution in [2.75, 3.05) is 0 Å². The van der Waals surface area contributed by atoms with Crippen molar-refractivity contribution in [3.05, 3.63) is 12.2 Å². The molecule has 16 heavy (non-hydrogen) atoms. The Morgan fingerprint density at radius 2 is 2.12 bits per heavy atom. The number of hydrogen-bond acceptors (Lipinski definition) is 2. The second-order valence-electron chi connectivity index (χ2n) is 4.58. The molecule has 2 unspecified atom stereocenters. The molecule has 0 aliphatic heterocycles. The van der Waals surface area contributed by atoms with Gasteiger partial charge >= 0.3 is 0 Å². The lowest BCUT2D eigenvalue weighted by Crippen LogP contribution is -2.17. The Kier molecular flexibility index (Phi) is 5.44. The molecule has 1 rings (SSSR count). The van der Waals surface area contributed by atoms with Gasteiger partial charge in [0.1, 0.15) is 11.6 Å². The Bertz CT molecular complexity index is 278. The summed E-state index contributed by atoms with van der Waals surface area (Å²) >= 11 is 0. The molecule has 1 saturated carbocycles. The third-order valence-electron chi connectivity index (χ3n) is 3.42. The molecule has 2 heteroatoms. The molecule has 0 N–H and O–H groups in total. The maximum absolute atomic E-state index is 11.7. The monoisotopic (exact) mass is 222 g/mol. The first-order valence-corrected chi connectivity index (χ1v) is 6.38. The van der Waals surface area contributed by atoms with Crippen molar-refractivity contribution in [1.29, 1.82) is 0 Å². The van der Waals surface area contributed by atoms with Crippen LogP contribution in [0.15, 0.2) is 12.2 Å². The molecule has 0 aromatic heterocycles. The van der Waals surface area contributed by atoms with Crippen molar-refractivity contribution in [2.24, 2.45) is 11.8 Å². The Morgan fingerprint density at radius 3 is 2.75 bits per heavy atom. The van der Waals surface area contributed by atoms with Crippen LogP contribution in [0.4, 0.5) is 0 Å². The van der Waals surface area contributed by atoms with E-state index in [1.807, 2.05) is 6.92 Å². The predicted molar refractivity (Wildman–Crippen MR) is 65.2 cm³/mol. The summed E-state index contributed by atoms with van der Waals surface area (Å²) < 4.78 is 0. The number of allylic oxidation sites excluding steroid dienone is 2. The molecule has 2 nitrogen and oxygen atoms in total. The molecule has 1 fully saturated rings. The van der Waals surface area contributed by atoms with Gasteiger partial charge in [-0.3, -0.25) is 9.59 Å². The summed E-state index contributed by atoms with van der Waals surface area (Å²) in [7, 11) is 0. The molecular weight excluding hydrogens is 200 g/mol. The summed E-state index contributed by atoms with van der Waals surface area (Å²) in [6.07, 6.45) is 8.83. The van der Waals surface area contributed by atoms with Gasteiger partial charge in [0.2, 0.25) is 0 Å². The van der Waals surface area contributed by atoms with E-state index in [1.165, 1.54) is 0 Å². The minimum atomic E-state index is 0.110. The van der Waals surface area contributed by atoms with Crippen LogP contribution in [0.5, 0.6) is 0 Å². The second-order valence-corrected chi connectivity index (χ2v) is 4.58. The maximum Gasteiger partial charge on any atom is 0.136 e. The molecule has 0 aromatic rings. The first-order chi connectivity index (χ1) is 7.69. The highest BCUT2D eigenvalue weighted by Gasteiger charge is 2.34. The van der Waals surface area contributed by atoms with Crippen LogP contribution in [0.25, 0.3) is 0 Å². The molecule has 0 aromatic carbocycles. The zero-order valence-corrected chi connectivity index (χ0v) is 10.4. The molecule has 2 atom stereocenters. The van der Waals surface area contributed by atoms with Crippen molar-refractivity contribution in [3.8, 4) is 0 Å². The van der Waals surface area contributed by atoms with Crippen LogP contribution < -0.4 is 0 Å². The van der Waals surface area contributed by atoms with Gasteiger partial charge in [0.05, 0.1) is 0 Å². The number of hydrogen-bond donors (Lipinski definition) is 0. The van der Waals surface area contributed by atoms with Crippen LogP contribution >= 0.6 is 0 Å². The summed E-state index contributed by atoms with van der Waals surface area (Å²) in [5.41, 5.74) is 0. The zero-order chi connectivity index (χ0) is 12.0. The van der Waals surface area contributed by atoms with Crippen LogP contribution in [0, 0.1) is 11.8 Å². The average Bonchev–Trinajstić information content (AvgIpc) is 2.61. The minimum Gasteiger partial charge on any atom is -0.300 e. The van der Waals surface area contributed by atoms with Crippen molar-refractivity contribution < 1.29 is 9.59 Å². The Balaban J connectivity index is 2.52. The Hall–Kier alpha value is -0.920. The van der Waals surface area contributed by atoms with Crippen molar-refractivity contribution >= 4 is 11.6 Å². The number of rotatable bonds is 6. The topological polar surface area (TPSA) is 34.1 Å². The number of Topliss-reactive ketones (excluding diaryl/α,β-unsaturated/α-hetero) is 2. The molecule has 0 spiro atoms. The lowest BCUT2D eigenvalue weighted by molar-refractivity contribution is -0.122. The van der Waals surface area contributed by atoms with E-state index < -0.39 is 0 Å². The van der Waals surface area contributed by atoms with E-state index in [9.17, 15) is 9.59 Å². The van der Waals surface area contributed by atoms with Gasteiger partial charge in [-0.2, -0.15) is 0 Å². The van der Waals surface area contributed by atoms with E-state index in [0.29, 0.717) is 36.7 Å². The molecule has 0 bridgehead atoms. The largest absolute Gasteiger partial charge is 0.300 e. The Labute approximate surface area is 98.1 Å². The normalized spacial score (nSPS) is 25.5. The van der Waals surface area contributed by atoms with Crippen LogP contribution in [-0.2, 0) is 9.59 Å². The fourth-order valence-corrected chi connectivity index (χ4v) is 2.39.